The van der Waals surface area contributed by atoms with Crippen LogP contribution in [0.3, 0.4) is 0 Å². The first kappa shape index (κ1) is 54.5. The van der Waals surface area contributed by atoms with Crippen molar-refractivity contribution < 1.29 is 80.1 Å². The van der Waals surface area contributed by atoms with Crippen LogP contribution in [0.4, 0.5) is 20.1 Å². The van der Waals surface area contributed by atoms with E-state index in [4.69, 9.17) is 29.5 Å². The van der Waals surface area contributed by atoms with Crippen LogP contribution >= 0.6 is 0 Å². The molecule has 9 N–H and O–H groups in total. The fourth-order valence-corrected chi connectivity index (χ4v) is 6.02. The molecule has 1 saturated heterocycles. The smallest absolute Gasteiger partial charge is 0.421 e. The second kappa shape index (κ2) is 29.0. The molecule has 0 saturated carbocycles. The van der Waals surface area contributed by atoms with Crippen LogP contribution < -0.4 is 41.8 Å². The highest BCUT2D eigenvalue weighted by molar-refractivity contribution is 7.88. The van der Waals surface area contributed by atoms with Crippen molar-refractivity contribution in [2.24, 2.45) is 11.7 Å². The number of imide groups is 1. The lowest BCUT2D eigenvalue weighted by molar-refractivity contribution is -0.197. The number of anilines is 1. The van der Waals surface area contributed by atoms with E-state index in [0.717, 1.165) is 0 Å². The van der Waals surface area contributed by atoms with E-state index >= 15 is 0 Å². The number of ether oxygens (including phenoxy) is 4. The highest BCUT2D eigenvalue weighted by Crippen LogP contribution is 2.14. The van der Waals surface area contributed by atoms with Gasteiger partial charge in [-0.25, -0.2) is 23.9 Å². The predicted octanol–water partition coefficient (Wildman–Crippen LogP) is -0.767. The molecular formula is C38H57N9O17S. The van der Waals surface area contributed by atoms with Crippen LogP contribution in [0.2, 0.25) is 0 Å². The third kappa shape index (κ3) is 23.6. The topological polar surface area (TPSA) is 364 Å². The summed E-state index contributed by atoms with van der Waals surface area (Å²) in [5.74, 6) is -4.71. The summed E-state index contributed by atoms with van der Waals surface area (Å²) < 4.78 is 48.0. The Morgan fingerprint density at radius 3 is 2.06 bits per heavy atom. The largest absolute Gasteiger partial charge is 0.461 e. The van der Waals surface area contributed by atoms with Gasteiger partial charge in [-0.15, -0.1) is 5.06 Å². The number of rotatable bonds is 29. The highest BCUT2D eigenvalue weighted by Gasteiger charge is 2.33. The summed E-state index contributed by atoms with van der Waals surface area (Å²) in [6.07, 6.45) is -2.09. The van der Waals surface area contributed by atoms with Crippen molar-refractivity contribution in [2.45, 2.75) is 90.8 Å². The summed E-state index contributed by atoms with van der Waals surface area (Å²) in [5, 5.41) is 13.1. The number of primary amides is 1. The van der Waals surface area contributed by atoms with Gasteiger partial charge in [0.1, 0.15) is 25.3 Å². The third-order valence-electron chi connectivity index (χ3n) is 8.56. The first-order valence-electron chi connectivity index (χ1n) is 20.4. The number of hydroxylamine groups is 2. The Bertz CT molecular complexity index is 1920. The zero-order valence-corrected chi connectivity index (χ0v) is 37.0. The summed E-state index contributed by atoms with van der Waals surface area (Å²) in [6.45, 7) is 3.59. The van der Waals surface area contributed by atoms with Crippen LogP contribution in [0.1, 0.15) is 77.7 Å². The van der Waals surface area contributed by atoms with E-state index in [1.165, 1.54) is 6.92 Å². The molecule has 0 radical (unpaired) electrons. The second-order valence-corrected chi connectivity index (χ2v) is 15.8. The van der Waals surface area contributed by atoms with Gasteiger partial charge in [-0.2, -0.15) is 13.1 Å². The fourth-order valence-electron chi connectivity index (χ4n) is 5.32. The van der Waals surface area contributed by atoms with Gasteiger partial charge >= 0.3 is 40.4 Å². The van der Waals surface area contributed by atoms with Crippen molar-refractivity contribution >= 4 is 75.6 Å². The molecule has 362 valence electrons. The van der Waals surface area contributed by atoms with Crippen molar-refractivity contribution in [1.29, 1.82) is 0 Å². The number of alkyl carbamates (subject to hydrolysis) is 1. The Morgan fingerprint density at radius 2 is 1.42 bits per heavy atom. The Kier molecular flexibility index (Phi) is 24.3. The maximum absolute atomic E-state index is 13.3. The summed E-state index contributed by atoms with van der Waals surface area (Å²) in [5.41, 5.74) is 6.18. The van der Waals surface area contributed by atoms with Crippen molar-refractivity contribution in [3.8, 4) is 0 Å². The van der Waals surface area contributed by atoms with E-state index in [1.807, 2.05) is 0 Å². The maximum atomic E-state index is 13.3. The van der Waals surface area contributed by atoms with Crippen LogP contribution in [0, 0.1) is 5.92 Å². The molecule has 0 bridgehead atoms. The van der Waals surface area contributed by atoms with Gasteiger partial charge in [0.15, 0.2) is 0 Å². The number of hydrogen-bond acceptors (Lipinski definition) is 17. The van der Waals surface area contributed by atoms with Gasteiger partial charge in [0, 0.05) is 57.9 Å². The lowest BCUT2D eigenvalue weighted by atomic mass is 10.0. The SMILES string of the molecule is CC(=O)OCc1ccc(NC(=O)[C@@H](CCCNC(N)=O)NC(=O)[C@H](NC(=O)OCCOCCNS(=O)(=O)NC(=O)OCCCNC(=O)CCCC(=O)ON2C(=O)CCC2=O)C(C)C)cc1. The molecule has 1 heterocycles. The molecule has 0 spiro atoms. The molecule has 1 fully saturated rings. The number of benzene rings is 1. The van der Waals surface area contributed by atoms with Crippen molar-refractivity contribution in [3.05, 3.63) is 29.8 Å². The second-order valence-electron chi connectivity index (χ2n) is 14.3. The number of carbonyl (C=O) groups is 10. The molecule has 1 aromatic carbocycles. The minimum atomic E-state index is -4.35. The molecule has 2 atom stereocenters. The lowest BCUT2D eigenvalue weighted by Crippen LogP contribution is -2.54. The third-order valence-corrected chi connectivity index (χ3v) is 9.58. The zero-order chi connectivity index (χ0) is 48.4. The molecule has 0 aliphatic carbocycles. The van der Waals surface area contributed by atoms with Gasteiger partial charge in [0.05, 0.1) is 19.8 Å². The quantitative estimate of drug-likeness (QED) is 0.0212. The minimum Gasteiger partial charge on any atom is -0.461 e. The Hall–Kier alpha value is -6.61. The van der Waals surface area contributed by atoms with Crippen molar-refractivity contribution in [3.63, 3.8) is 0 Å². The van der Waals surface area contributed by atoms with E-state index in [0.29, 0.717) is 16.3 Å². The molecule has 65 heavy (non-hydrogen) atoms. The van der Waals surface area contributed by atoms with Gasteiger partial charge in [-0.05, 0) is 49.3 Å². The molecule has 2 rings (SSSR count). The molecule has 1 aliphatic heterocycles. The number of nitrogens with one attached hydrogen (secondary N) is 7. The maximum Gasteiger partial charge on any atom is 0.421 e. The number of carbonyl (C=O) groups excluding carboxylic acids is 10. The number of esters is 1. The molecule has 1 aromatic rings. The van der Waals surface area contributed by atoms with Gasteiger partial charge in [-0.1, -0.05) is 26.0 Å². The normalized spacial score (nSPS) is 13.2. The molecule has 27 heteroatoms. The lowest BCUT2D eigenvalue weighted by Gasteiger charge is -2.25. The summed E-state index contributed by atoms with van der Waals surface area (Å²) in [4.78, 5) is 125. The van der Waals surface area contributed by atoms with E-state index in [2.05, 4.69) is 31.3 Å². The van der Waals surface area contributed by atoms with E-state index in [9.17, 15) is 56.4 Å². The molecule has 0 unspecified atom stereocenters. The average molecular weight is 944 g/mol. The Labute approximate surface area is 374 Å². The van der Waals surface area contributed by atoms with Crippen LogP contribution in [-0.4, -0.2) is 131 Å². The Balaban J connectivity index is 1.65. The summed E-state index contributed by atoms with van der Waals surface area (Å²) >= 11 is 0. The molecular weight excluding hydrogens is 887 g/mol. The first-order valence-corrected chi connectivity index (χ1v) is 21.9. The van der Waals surface area contributed by atoms with Crippen LogP contribution in [0.15, 0.2) is 24.3 Å². The van der Waals surface area contributed by atoms with Crippen molar-refractivity contribution in [2.75, 3.05) is 51.4 Å². The summed E-state index contributed by atoms with van der Waals surface area (Å²) in [6, 6.07) is 3.44. The van der Waals surface area contributed by atoms with E-state index in [1.54, 1.807) is 42.8 Å². The zero-order valence-electron chi connectivity index (χ0n) is 36.2. The number of urea groups is 1. The van der Waals surface area contributed by atoms with Gasteiger partial charge in [0.2, 0.25) is 17.7 Å². The molecule has 9 amide bonds. The first-order chi connectivity index (χ1) is 30.8. The van der Waals surface area contributed by atoms with Gasteiger partial charge in [0.25, 0.3) is 11.8 Å². The standard InChI is InChI=1S/C38H57N9O17S/c1-24(2)33(35(54)44-28(7-5-16-41-36(39)55)34(53)43-27-12-10-26(11-13-27)23-63-25(3)48)45-37(56)62-22-21-60-20-18-42-65(58,59)46-38(57)61-19-6-17-40-29(49)8-4-9-32(52)64-47-30(50)14-15-31(47)51/h10-13,24,28,33,42H,4-9,14-23H2,1-3H3,(H,40,49)(H,43,53)(H,44,54)(H,45,56)(H,46,57)(H3,39,41,55)/t28-,33-/m1/s1. The molecule has 26 nitrogen and oxygen atoms in total. The molecule has 0 aromatic heterocycles. The number of hydrogen-bond donors (Lipinski definition) is 8. The predicted molar refractivity (Wildman–Crippen MR) is 223 cm³/mol. The number of nitrogens with two attached hydrogens (primary N) is 1. The summed E-state index contributed by atoms with van der Waals surface area (Å²) in [7, 11) is -4.35. The van der Waals surface area contributed by atoms with Crippen LogP contribution in [0.25, 0.3) is 0 Å². The minimum absolute atomic E-state index is 0.0408. The average Bonchev–Trinajstić information content (AvgIpc) is 3.54. The van der Waals surface area contributed by atoms with Crippen LogP contribution in [0.5, 0.6) is 0 Å². The van der Waals surface area contributed by atoms with Gasteiger partial charge < -0.3 is 56.1 Å². The monoisotopic (exact) mass is 943 g/mol. The van der Waals surface area contributed by atoms with E-state index in [-0.39, 0.29) is 104 Å². The van der Waals surface area contributed by atoms with Crippen molar-refractivity contribution in [1.82, 2.24) is 35.8 Å². The van der Waals surface area contributed by atoms with Crippen LogP contribution in [-0.2, 0) is 74.2 Å². The molecule has 1 aliphatic rings. The fraction of sp³-hybridized carbons (Fsp3) is 0.579. The number of amides is 9. The van der Waals surface area contributed by atoms with E-state index < -0.39 is 87.9 Å². The Morgan fingerprint density at radius 1 is 0.754 bits per heavy atom. The highest BCUT2D eigenvalue weighted by atomic mass is 32.2. The number of nitrogens with zero attached hydrogens (tertiary/aromatic N) is 1. The van der Waals surface area contributed by atoms with Gasteiger partial charge in [-0.3, -0.25) is 28.8 Å².